The Morgan fingerprint density at radius 1 is 0.679 bits per heavy atom. The topological polar surface area (TPSA) is 0 Å². The summed E-state index contributed by atoms with van der Waals surface area (Å²) >= 11 is 0. The Kier molecular flexibility index (Phi) is 6.67. The molecular formula is C27H23F. The molecular weight excluding hydrogens is 343 g/mol. The second kappa shape index (κ2) is 9.59. The molecule has 0 atom stereocenters. The molecule has 3 rings (SSSR count). The predicted octanol–water partition coefficient (Wildman–Crippen LogP) is 6.28. The lowest BCUT2D eigenvalue weighted by Gasteiger charge is -2.02. The molecule has 0 fully saturated rings. The van der Waals surface area contributed by atoms with Crippen LogP contribution in [0.2, 0.25) is 0 Å². The molecule has 0 N–H and O–H groups in total. The molecule has 0 saturated carbocycles. The third-order valence-electron chi connectivity index (χ3n) is 4.49. The summed E-state index contributed by atoms with van der Waals surface area (Å²) in [6, 6.07) is 21.2. The first kappa shape index (κ1) is 19.5. The fourth-order valence-corrected chi connectivity index (χ4v) is 2.76. The van der Waals surface area contributed by atoms with Crippen LogP contribution in [0.15, 0.2) is 66.7 Å². The summed E-state index contributed by atoms with van der Waals surface area (Å²) in [6.07, 6.45) is 2.84. The van der Waals surface area contributed by atoms with Crippen LogP contribution in [-0.4, -0.2) is 0 Å². The third-order valence-corrected chi connectivity index (χ3v) is 4.49. The average molecular weight is 366 g/mol. The van der Waals surface area contributed by atoms with Crippen LogP contribution in [0.3, 0.4) is 0 Å². The first-order valence-corrected chi connectivity index (χ1v) is 9.63. The fraction of sp³-hybridized carbons (Fsp3) is 0.185. The molecule has 3 aromatic carbocycles. The number of halogens is 1. The molecule has 3 aromatic rings. The van der Waals surface area contributed by atoms with Gasteiger partial charge in [-0.3, -0.25) is 0 Å². The van der Waals surface area contributed by atoms with E-state index in [1.54, 1.807) is 0 Å². The number of hydrogen-bond acceptors (Lipinski definition) is 0. The highest BCUT2D eigenvalue weighted by atomic mass is 19.1. The lowest BCUT2D eigenvalue weighted by atomic mass is 10.1. The van der Waals surface area contributed by atoms with E-state index in [4.69, 9.17) is 0 Å². The van der Waals surface area contributed by atoms with Crippen LogP contribution in [0, 0.1) is 36.4 Å². The van der Waals surface area contributed by atoms with Crippen molar-refractivity contribution in [3.05, 3.63) is 106 Å². The maximum Gasteiger partial charge on any atom is 0.127 e. The van der Waals surface area contributed by atoms with E-state index in [0.29, 0.717) is 5.56 Å². The van der Waals surface area contributed by atoms with Gasteiger partial charge < -0.3 is 0 Å². The van der Waals surface area contributed by atoms with Gasteiger partial charge in [0.05, 0.1) is 0 Å². The van der Waals surface area contributed by atoms with Crippen molar-refractivity contribution in [2.45, 2.75) is 33.1 Å². The molecule has 1 heteroatoms. The van der Waals surface area contributed by atoms with E-state index in [0.717, 1.165) is 41.5 Å². The van der Waals surface area contributed by atoms with Crippen molar-refractivity contribution in [1.82, 2.24) is 0 Å². The molecule has 0 saturated heterocycles. The van der Waals surface area contributed by atoms with Gasteiger partial charge >= 0.3 is 0 Å². The van der Waals surface area contributed by atoms with Crippen LogP contribution in [-0.2, 0) is 6.42 Å². The van der Waals surface area contributed by atoms with Gasteiger partial charge in [-0.15, -0.1) is 0 Å². The highest BCUT2D eigenvalue weighted by Crippen LogP contribution is 2.13. The van der Waals surface area contributed by atoms with E-state index in [1.165, 1.54) is 11.6 Å². The maximum atomic E-state index is 14.1. The number of hydrogen-bond donors (Lipinski definition) is 0. The molecule has 0 unspecified atom stereocenters. The molecule has 0 bridgehead atoms. The average Bonchev–Trinajstić information content (AvgIpc) is 2.72. The summed E-state index contributed by atoms with van der Waals surface area (Å²) in [5.74, 6) is 12.3. The van der Waals surface area contributed by atoms with Crippen LogP contribution >= 0.6 is 0 Å². The third kappa shape index (κ3) is 5.60. The van der Waals surface area contributed by atoms with E-state index in [-0.39, 0.29) is 5.82 Å². The largest absolute Gasteiger partial charge is 0.207 e. The predicted molar refractivity (Wildman–Crippen MR) is 115 cm³/mol. The highest BCUT2D eigenvalue weighted by Gasteiger charge is 2.02. The molecule has 0 nitrogen and oxygen atoms in total. The van der Waals surface area contributed by atoms with Crippen LogP contribution in [0.4, 0.5) is 4.39 Å². The fourth-order valence-electron chi connectivity index (χ4n) is 2.76. The van der Waals surface area contributed by atoms with E-state index in [9.17, 15) is 4.39 Å². The summed E-state index contributed by atoms with van der Waals surface area (Å²) in [5.41, 5.74) is 5.52. The molecule has 28 heavy (non-hydrogen) atoms. The van der Waals surface area contributed by atoms with Crippen molar-refractivity contribution >= 4 is 0 Å². The lowest BCUT2D eigenvalue weighted by Crippen LogP contribution is -1.91. The molecule has 0 aromatic heterocycles. The number of aryl methyl sites for hydroxylation is 2. The molecule has 0 aliphatic heterocycles. The van der Waals surface area contributed by atoms with Gasteiger partial charge in [-0.1, -0.05) is 60.8 Å². The minimum absolute atomic E-state index is 0.165. The summed E-state index contributed by atoms with van der Waals surface area (Å²) in [7, 11) is 0. The zero-order chi connectivity index (χ0) is 19.8. The minimum Gasteiger partial charge on any atom is -0.207 e. The van der Waals surface area contributed by atoms with E-state index in [2.05, 4.69) is 49.7 Å². The first-order valence-electron chi connectivity index (χ1n) is 9.63. The van der Waals surface area contributed by atoms with Crippen molar-refractivity contribution < 1.29 is 4.39 Å². The zero-order valence-corrected chi connectivity index (χ0v) is 16.4. The van der Waals surface area contributed by atoms with Crippen molar-refractivity contribution in [3.63, 3.8) is 0 Å². The minimum atomic E-state index is -0.165. The molecule has 0 heterocycles. The van der Waals surface area contributed by atoms with Gasteiger partial charge in [0.15, 0.2) is 0 Å². The van der Waals surface area contributed by atoms with Gasteiger partial charge in [-0.2, -0.15) is 0 Å². The van der Waals surface area contributed by atoms with Gasteiger partial charge in [0.25, 0.3) is 0 Å². The molecule has 0 radical (unpaired) electrons. The Bertz CT molecular complexity index is 1050. The summed E-state index contributed by atoms with van der Waals surface area (Å²) in [4.78, 5) is 0. The van der Waals surface area contributed by atoms with Gasteiger partial charge in [0, 0.05) is 22.3 Å². The SMILES string of the molecule is CCCCc1ccc(C#Cc2ccc(C#Cc3ccc(C)cc3)cc2)cc1F. The Labute approximate surface area is 167 Å². The van der Waals surface area contributed by atoms with Gasteiger partial charge in [-0.05, 0) is 73.9 Å². The molecule has 0 amide bonds. The summed E-state index contributed by atoms with van der Waals surface area (Å²) < 4.78 is 14.1. The monoisotopic (exact) mass is 366 g/mol. The van der Waals surface area contributed by atoms with Crippen LogP contribution in [0.25, 0.3) is 0 Å². The van der Waals surface area contributed by atoms with E-state index in [1.807, 2.05) is 48.5 Å². The normalized spacial score (nSPS) is 9.82. The van der Waals surface area contributed by atoms with Crippen molar-refractivity contribution in [2.75, 3.05) is 0 Å². The molecule has 138 valence electrons. The van der Waals surface area contributed by atoms with Crippen molar-refractivity contribution in [1.29, 1.82) is 0 Å². The zero-order valence-electron chi connectivity index (χ0n) is 16.4. The van der Waals surface area contributed by atoms with Crippen LogP contribution in [0.5, 0.6) is 0 Å². The van der Waals surface area contributed by atoms with Gasteiger partial charge in [0.2, 0.25) is 0 Å². The molecule has 0 spiro atoms. The van der Waals surface area contributed by atoms with E-state index >= 15 is 0 Å². The number of unbranched alkanes of at least 4 members (excludes halogenated alkanes) is 1. The summed E-state index contributed by atoms with van der Waals surface area (Å²) in [5, 5.41) is 0. The smallest absolute Gasteiger partial charge is 0.127 e. The Morgan fingerprint density at radius 3 is 1.64 bits per heavy atom. The molecule has 0 aliphatic carbocycles. The van der Waals surface area contributed by atoms with Crippen molar-refractivity contribution in [2.24, 2.45) is 0 Å². The Balaban J connectivity index is 1.68. The lowest BCUT2D eigenvalue weighted by molar-refractivity contribution is 0.603. The quantitative estimate of drug-likeness (QED) is 0.479. The maximum absolute atomic E-state index is 14.1. The van der Waals surface area contributed by atoms with Crippen LogP contribution in [0.1, 0.15) is 53.1 Å². The highest BCUT2D eigenvalue weighted by molar-refractivity contribution is 5.48. The molecule has 0 aliphatic rings. The van der Waals surface area contributed by atoms with Crippen LogP contribution < -0.4 is 0 Å². The van der Waals surface area contributed by atoms with Gasteiger partial charge in [-0.25, -0.2) is 4.39 Å². The number of benzene rings is 3. The second-order valence-corrected chi connectivity index (χ2v) is 6.85. The Morgan fingerprint density at radius 2 is 1.14 bits per heavy atom. The second-order valence-electron chi connectivity index (χ2n) is 6.85. The van der Waals surface area contributed by atoms with E-state index < -0.39 is 0 Å². The standard InChI is InChI=1S/C27H23F/c1-3-4-5-26-19-18-25(20-27(26)28)17-16-24-14-12-23(13-15-24)11-10-22-8-6-21(2)7-9-22/h6-9,12-15,18-20H,3-5H2,1-2H3. The first-order chi connectivity index (χ1) is 13.6. The van der Waals surface area contributed by atoms with Gasteiger partial charge in [0.1, 0.15) is 5.82 Å². The number of rotatable bonds is 3. The van der Waals surface area contributed by atoms with Crippen molar-refractivity contribution in [3.8, 4) is 23.7 Å². The summed E-state index contributed by atoms with van der Waals surface area (Å²) in [6.45, 7) is 4.17. The Hall–Kier alpha value is -3.29.